The van der Waals surface area contributed by atoms with Crippen LogP contribution in [0, 0.1) is 6.92 Å². The van der Waals surface area contributed by atoms with Gasteiger partial charge in [0, 0.05) is 17.9 Å². The van der Waals surface area contributed by atoms with E-state index < -0.39 is 0 Å². The van der Waals surface area contributed by atoms with Gasteiger partial charge < -0.3 is 13.7 Å². The summed E-state index contributed by atoms with van der Waals surface area (Å²) in [6.45, 7) is 2.01. The predicted molar refractivity (Wildman–Crippen MR) is 81.1 cm³/mol. The van der Waals surface area contributed by atoms with Gasteiger partial charge in [-0.05, 0) is 37.6 Å². The maximum absolute atomic E-state index is 5.81. The first kappa shape index (κ1) is 15.5. The Bertz CT molecular complexity index is 754. The predicted octanol–water partition coefficient (Wildman–Crippen LogP) is 3.17. The fourth-order valence-electron chi connectivity index (χ4n) is 1.96. The Labute approximate surface area is 137 Å². The van der Waals surface area contributed by atoms with Crippen molar-refractivity contribution in [1.29, 1.82) is 0 Å². The van der Waals surface area contributed by atoms with E-state index in [1.807, 2.05) is 0 Å². The van der Waals surface area contributed by atoms with Gasteiger partial charge in [-0.15, -0.1) is 10.2 Å². The van der Waals surface area contributed by atoms with Crippen molar-refractivity contribution < 1.29 is 13.7 Å². The molecule has 0 saturated carbocycles. The highest BCUT2D eigenvalue weighted by Gasteiger charge is 2.08. The number of hydrogen-bond acceptors (Lipinski definition) is 7. The second-order valence-electron chi connectivity index (χ2n) is 4.92. The topological polar surface area (TPSA) is 87.1 Å². The minimum atomic E-state index is 0.220. The number of rotatable bonds is 7. The number of ether oxygens (including phenoxy) is 1. The Balaban J connectivity index is 1.45. The zero-order valence-electron chi connectivity index (χ0n) is 12.5. The molecule has 8 heteroatoms. The van der Waals surface area contributed by atoms with E-state index in [2.05, 4.69) is 20.3 Å². The van der Waals surface area contributed by atoms with Crippen molar-refractivity contribution >= 4 is 11.6 Å². The lowest BCUT2D eigenvalue weighted by Gasteiger charge is -2.02. The van der Waals surface area contributed by atoms with Gasteiger partial charge in [-0.3, -0.25) is 0 Å². The highest BCUT2D eigenvalue weighted by molar-refractivity contribution is 6.30. The molecule has 0 fully saturated rings. The van der Waals surface area contributed by atoms with Crippen LogP contribution in [-0.4, -0.2) is 20.3 Å². The fourth-order valence-corrected chi connectivity index (χ4v) is 2.08. The number of hydrogen-bond donors (Lipinski definition) is 0. The van der Waals surface area contributed by atoms with E-state index >= 15 is 0 Å². The van der Waals surface area contributed by atoms with E-state index in [0.717, 1.165) is 6.42 Å². The van der Waals surface area contributed by atoms with Gasteiger partial charge in [0.2, 0.25) is 11.8 Å². The van der Waals surface area contributed by atoms with E-state index in [1.54, 1.807) is 31.2 Å². The van der Waals surface area contributed by atoms with Crippen molar-refractivity contribution in [3.63, 3.8) is 0 Å². The van der Waals surface area contributed by atoms with Crippen molar-refractivity contribution in [2.75, 3.05) is 0 Å². The van der Waals surface area contributed by atoms with Gasteiger partial charge in [0.1, 0.15) is 5.75 Å². The Morgan fingerprint density at radius 3 is 2.52 bits per heavy atom. The molecule has 0 radical (unpaired) electrons. The average molecular weight is 335 g/mol. The number of nitrogens with zero attached hydrogens (tertiary/aromatic N) is 4. The SMILES string of the molecule is Cc1noc(CCCc2nnc(COc3ccc(Cl)cc3)o2)n1. The standard InChI is InChI=1S/C15H15ClN4O3/c1-10-17-13(23-20-10)3-2-4-14-18-19-15(22-14)9-21-12-7-5-11(16)6-8-12/h5-8H,2-4,9H2,1H3. The Kier molecular flexibility index (Phi) is 4.87. The number of aryl methyl sites for hydroxylation is 3. The lowest BCUT2D eigenvalue weighted by atomic mass is 10.2. The smallest absolute Gasteiger partial charge is 0.253 e. The zero-order chi connectivity index (χ0) is 16.1. The van der Waals surface area contributed by atoms with Crippen molar-refractivity contribution in [3.05, 3.63) is 52.8 Å². The summed E-state index contributed by atoms with van der Waals surface area (Å²) in [6.07, 6.45) is 2.12. The molecule has 2 aromatic heterocycles. The van der Waals surface area contributed by atoms with Crippen molar-refractivity contribution in [2.45, 2.75) is 32.8 Å². The Morgan fingerprint density at radius 1 is 1.04 bits per heavy atom. The summed E-state index contributed by atoms with van der Waals surface area (Å²) in [5.41, 5.74) is 0. The first-order valence-corrected chi connectivity index (χ1v) is 7.55. The summed E-state index contributed by atoms with van der Waals surface area (Å²) < 4.78 is 16.1. The summed E-state index contributed by atoms with van der Waals surface area (Å²) >= 11 is 5.81. The minimum absolute atomic E-state index is 0.220. The Morgan fingerprint density at radius 2 is 1.78 bits per heavy atom. The summed E-state index contributed by atoms with van der Waals surface area (Å²) in [7, 11) is 0. The van der Waals surface area contributed by atoms with Crippen molar-refractivity contribution in [3.8, 4) is 5.75 Å². The molecule has 0 aliphatic rings. The molecule has 120 valence electrons. The average Bonchev–Trinajstić information content (AvgIpc) is 3.16. The molecule has 1 aromatic carbocycles. The molecule has 0 unspecified atom stereocenters. The van der Waals surface area contributed by atoms with E-state index in [0.29, 0.717) is 47.1 Å². The lowest BCUT2D eigenvalue weighted by molar-refractivity contribution is 0.258. The zero-order valence-corrected chi connectivity index (χ0v) is 13.3. The van der Waals surface area contributed by atoms with Crippen LogP contribution in [0.4, 0.5) is 0 Å². The minimum Gasteiger partial charge on any atom is -0.484 e. The molecule has 0 aliphatic carbocycles. The molecule has 0 amide bonds. The summed E-state index contributed by atoms with van der Waals surface area (Å²) in [5, 5.41) is 12.4. The number of halogens is 1. The highest BCUT2D eigenvalue weighted by atomic mass is 35.5. The first-order chi connectivity index (χ1) is 11.2. The van der Waals surface area contributed by atoms with Gasteiger partial charge in [-0.25, -0.2) is 0 Å². The van der Waals surface area contributed by atoms with E-state index in [9.17, 15) is 0 Å². The maximum Gasteiger partial charge on any atom is 0.253 e. The summed E-state index contributed by atoms with van der Waals surface area (Å²) in [5.74, 6) is 2.95. The normalized spacial score (nSPS) is 10.9. The molecule has 0 bridgehead atoms. The van der Waals surface area contributed by atoms with Gasteiger partial charge >= 0.3 is 0 Å². The highest BCUT2D eigenvalue weighted by Crippen LogP contribution is 2.17. The van der Waals surface area contributed by atoms with Crippen LogP contribution in [0.2, 0.25) is 5.02 Å². The molecular formula is C15H15ClN4O3. The lowest BCUT2D eigenvalue weighted by Crippen LogP contribution is -1.95. The third kappa shape index (κ3) is 4.53. The molecule has 0 N–H and O–H groups in total. The summed E-state index contributed by atoms with van der Waals surface area (Å²) in [4.78, 5) is 4.14. The van der Waals surface area contributed by atoms with E-state index in [-0.39, 0.29) is 6.61 Å². The second-order valence-corrected chi connectivity index (χ2v) is 5.36. The van der Waals surface area contributed by atoms with Crippen LogP contribution >= 0.6 is 11.6 Å². The van der Waals surface area contributed by atoms with Gasteiger partial charge in [-0.2, -0.15) is 4.98 Å². The molecule has 2 heterocycles. The third-order valence-corrected chi connectivity index (χ3v) is 3.29. The second kappa shape index (κ2) is 7.23. The number of aromatic nitrogens is 4. The molecule has 3 aromatic rings. The van der Waals surface area contributed by atoms with Crippen molar-refractivity contribution in [1.82, 2.24) is 20.3 Å². The molecule has 0 saturated heterocycles. The van der Waals surface area contributed by atoms with E-state index in [1.165, 1.54) is 0 Å². The van der Waals surface area contributed by atoms with Crippen LogP contribution in [0.1, 0.15) is 29.9 Å². The quantitative estimate of drug-likeness (QED) is 0.655. The van der Waals surface area contributed by atoms with Crippen LogP contribution in [-0.2, 0) is 19.4 Å². The molecule has 0 spiro atoms. The molecular weight excluding hydrogens is 320 g/mol. The molecule has 0 aliphatic heterocycles. The van der Waals surface area contributed by atoms with Crippen LogP contribution in [0.25, 0.3) is 0 Å². The van der Waals surface area contributed by atoms with Gasteiger partial charge in [-0.1, -0.05) is 16.8 Å². The number of benzene rings is 1. The van der Waals surface area contributed by atoms with Crippen LogP contribution in [0.3, 0.4) is 0 Å². The molecule has 7 nitrogen and oxygen atoms in total. The molecule has 0 atom stereocenters. The maximum atomic E-state index is 5.81. The monoisotopic (exact) mass is 334 g/mol. The Hall–Kier alpha value is -2.41. The van der Waals surface area contributed by atoms with Gasteiger partial charge in [0.05, 0.1) is 0 Å². The summed E-state index contributed by atoms with van der Waals surface area (Å²) in [6, 6.07) is 7.09. The van der Waals surface area contributed by atoms with Gasteiger partial charge in [0.25, 0.3) is 5.89 Å². The first-order valence-electron chi connectivity index (χ1n) is 7.18. The van der Waals surface area contributed by atoms with Crippen LogP contribution < -0.4 is 4.74 Å². The largest absolute Gasteiger partial charge is 0.484 e. The van der Waals surface area contributed by atoms with Gasteiger partial charge in [0.15, 0.2) is 12.4 Å². The van der Waals surface area contributed by atoms with Crippen LogP contribution in [0.15, 0.2) is 33.2 Å². The molecule has 23 heavy (non-hydrogen) atoms. The fraction of sp³-hybridized carbons (Fsp3) is 0.333. The third-order valence-electron chi connectivity index (χ3n) is 3.04. The van der Waals surface area contributed by atoms with Crippen LogP contribution in [0.5, 0.6) is 5.75 Å². The van der Waals surface area contributed by atoms with Crippen molar-refractivity contribution in [2.24, 2.45) is 0 Å². The van der Waals surface area contributed by atoms with E-state index in [4.69, 9.17) is 25.3 Å². The molecule has 3 rings (SSSR count).